The molecular formula is C13H21ClN2O2. The molecule has 1 aromatic heterocycles. The van der Waals surface area contributed by atoms with E-state index in [1.807, 2.05) is 20.9 Å². The Balaban J connectivity index is 2.16. The largest absolute Gasteiger partial charge is 0.390 e. The number of halogens is 1. The molecule has 2 unspecified atom stereocenters. The van der Waals surface area contributed by atoms with Crippen molar-refractivity contribution in [2.24, 2.45) is 7.05 Å². The molecule has 1 N–H and O–H groups in total. The van der Waals surface area contributed by atoms with Gasteiger partial charge in [0, 0.05) is 20.1 Å². The molecule has 0 amide bonds. The highest BCUT2D eigenvalue weighted by molar-refractivity contribution is 6.31. The summed E-state index contributed by atoms with van der Waals surface area (Å²) in [6.07, 6.45) is 2.64. The smallest absolute Gasteiger partial charge is 0.0916 e. The van der Waals surface area contributed by atoms with Crippen LogP contribution < -0.4 is 0 Å². The van der Waals surface area contributed by atoms with Gasteiger partial charge in [-0.1, -0.05) is 18.5 Å². The molecule has 1 aromatic rings. The van der Waals surface area contributed by atoms with Crippen molar-refractivity contribution in [3.05, 3.63) is 16.4 Å². The quantitative estimate of drug-likeness (QED) is 0.913. The van der Waals surface area contributed by atoms with E-state index in [1.54, 1.807) is 4.68 Å². The maximum absolute atomic E-state index is 10.4. The van der Waals surface area contributed by atoms with Crippen LogP contribution in [0.3, 0.4) is 0 Å². The Hall–Kier alpha value is -0.580. The zero-order valence-corrected chi connectivity index (χ0v) is 12.0. The second kappa shape index (κ2) is 5.19. The summed E-state index contributed by atoms with van der Waals surface area (Å²) in [4.78, 5) is 0. The van der Waals surface area contributed by atoms with Crippen molar-refractivity contribution in [1.29, 1.82) is 0 Å². The van der Waals surface area contributed by atoms with Gasteiger partial charge < -0.3 is 9.84 Å². The molecular weight excluding hydrogens is 252 g/mol. The van der Waals surface area contributed by atoms with Crippen LogP contribution in [0.15, 0.2) is 0 Å². The minimum atomic E-state index is -0.544. The molecule has 2 heterocycles. The lowest BCUT2D eigenvalue weighted by molar-refractivity contribution is -0.0773. The van der Waals surface area contributed by atoms with Crippen LogP contribution in [0.5, 0.6) is 0 Å². The number of nitrogens with zero attached hydrogens (tertiary/aromatic N) is 2. The van der Waals surface area contributed by atoms with Gasteiger partial charge in [-0.2, -0.15) is 5.10 Å². The molecule has 1 aliphatic rings. The number of hydrogen-bond acceptors (Lipinski definition) is 3. The van der Waals surface area contributed by atoms with E-state index in [2.05, 4.69) is 5.10 Å². The number of aliphatic hydroxyl groups excluding tert-OH is 1. The Kier molecular flexibility index (Phi) is 3.99. The van der Waals surface area contributed by atoms with E-state index in [0.717, 1.165) is 37.3 Å². The van der Waals surface area contributed by atoms with Crippen molar-refractivity contribution in [2.75, 3.05) is 6.61 Å². The molecule has 1 fully saturated rings. The second-order valence-corrected chi connectivity index (χ2v) is 5.55. The monoisotopic (exact) mass is 272 g/mol. The van der Waals surface area contributed by atoms with Crippen LogP contribution in [0.2, 0.25) is 5.02 Å². The zero-order chi connectivity index (χ0) is 13.3. The fraction of sp³-hybridized carbons (Fsp3) is 0.769. The number of rotatable bonds is 4. The highest BCUT2D eigenvalue weighted by Crippen LogP contribution is 2.32. The lowest BCUT2D eigenvalue weighted by Crippen LogP contribution is -2.40. The van der Waals surface area contributed by atoms with E-state index in [4.69, 9.17) is 16.3 Å². The highest BCUT2D eigenvalue weighted by atomic mass is 35.5. The summed E-state index contributed by atoms with van der Waals surface area (Å²) in [6.45, 7) is 4.72. The third-order valence-electron chi connectivity index (χ3n) is 3.84. The third kappa shape index (κ3) is 2.42. The first-order valence-electron chi connectivity index (χ1n) is 6.50. The maximum atomic E-state index is 10.4. The molecule has 2 atom stereocenters. The van der Waals surface area contributed by atoms with Crippen LogP contribution in [0.1, 0.15) is 38.1 Å². The zero-order valence-electron chi connectivity index (χ0n) is 11.2. The first-order valence-corrected chi connectivity index (χ1v) is 6.88. The number of hydrogen-bond donors (Lipinski definition) is 1. The van der Waals surface area contributed by atoms with Crippen molar-refractivity contribution < 1.29 is 9.84 Å². The Morgan fingerprint density at radius 3 is 2.83 bits per heavy atom. The Labute approximate surface area is 113 Å². The third-order valence-corrected chi connectivity index (χ3v) is 4.28. The minimum Gasteiger partial charge on any atom is -0.390 e. The summed E-state index contributed by atoms with van der Waals surface area (Å²) in [5.74, 6) is 0. The fourth-order valence-electron chi connectivity index (χ4n) is 2.50. The van der Waals surface area contributed by atoms with Crippen LogP contribution in [0.25, 0.3) is 0 Å². The molecule has 4 nitrogen and oxygen atoms in total. The van der Waals surface area contributed by atoms with Crippen LogP contribution in [0.4, 0.5) is 0 Å². The molecule has 0 spiro atoms. The predicted octanol–water partition coefficient (Wildman–Crippen LogP) is 2.11. The van der Waals surface area contributed by atoms with Crippen molar-refractivity contribution in [3.8, 4) is 0 Å². The molecule has 0 aliphatic carbocycles. The number of aliphatic hydroxyl groups is 1. The fourth-order valence-corrected chi connectivity index (χ4v) is 2.87. The molecule has 0 aromatic carbocycles. The Morgan fingerprint density at radius 1 is 1.61 bits per heavy atom. The second-order valence-electron chi connectivity index (χ2n) is 5.17. The standard InChI is InChI=1S/C13H21ClN2O2/c1-4-9-12(14)10(16(3)15-9)8-11(17)13(2)6-5-7-18-13/h11,17H,4-8H2,1-3H3. The van der Waals surface area contributed by atoms with Crippen molar-refractivity contribution in [3.63, 3.8) is 0 Å². The topological polar surface area (TPSA) is 47.3 Å². The first kappa shape index (κ1) is 13.8. The molecule has 1 aliphatic heterocycles. The molecule has 2 rings (SSSR count). The van der Waals surface area contributed by atoms with Gasteiger partial charge in [0.15, 0.2) is 0 Å². The van der Waals surface area contributed by atoms with Gasteiger partial charge in [-0.15, -0.1) is 0 Å². The lowest BCUT2D eigenvalue weighted by Gasteiger charge is -2.29. The highest BCUT2D eigenvalue weighted by Gasteiger charge is 2.38. The molecule has 18 heavy (non-hydrogen) atoms. The van der Waals surface area contributed by atoms with Gasteiger partial charge in [-0.25, -0.2) is 0 Å². The maximum Gasteiger partial charge on any atom is 0.0916 e. The SMILES string of the molecule is CCc1nn(C)c(CC(O)C2(C)CCCO2)c1Cl. The van der Waals surface area contributed by atoms with E-state index < -0.39 is 11.7 Å². The van der Waals surface area contributed by atoms with Crippen LogP contribution in [-0.4, -0.2) is 33.2 Å². The average Bonchev–Trinajstić information content (AvgIpc) is 2.89. The summed E-state index contributed by atoms with van der Waals surface area (Å²) in [6, 6.07) is 0. The number of aromatic nitrogens is 2. The normalized spacial score (nSPS) is 25.6. The van der Waals surface area contributed by atoms with E-state index >= 15 is 0 Å². The molecule has 5 heteroatoms. The van der Waals surface area contributed by atoms with Gasteiger partial charge in [0.1, 0.15) is 0 Å². The van der Waals surface area contributed by atoms with Crippen LogP contribution in [-0.2, 0) is 24.6 Å². The van der Waals surface area contributed by atoms with Gasteiger partial charge in [0.05, 0.1) is 28.1 Å². The molecule has 1 saturated heterocycles. The summed E-state index contributed by atoms with van der Waals surface area (Å²) in [5, 5.41) is 15.4. The first-order chi connectivity index (χ1) is 8.48. The lowest BCUT2D eigenvalue weighted by atomic mass is 9.92. The van der Waals surface area contributed by atoms with E-state index in [0.29, 0.717) is 11.4 Å². The molecule has 0 bridgehead atoms. The minimum absolute atomic E-state index is 0.444. The molecule has 0 radical (unpaired) electrons. The Morgan fingerprint density at radius 2 is 2.33 bits per heavy atom. The molecule has 0 saturated carbocycles. The van der Waals surface area contributed by atoms with Crippen molar-refractivity contribution in [2.45, 2.75) is 51.2 Å². The van der Waals surface area contributed by atoms with E-state index in [-0.39, 0.29) is 0 Å². The predicted molar refractivity (Wildman–Crippen MR) is 70.9 cm³/mol. The van der Waals surface area contributed by atoms with Crippen LogP contribution in [0, 0.1) is 0 Å². The molecule has 102 valence electrons. The van der Waals surface area contributed by atoms with Crippen molar-refractivity contribution >= 4 is 11.6 Å². The number of aryl methyl sites for hydroxylation is 2. The van der Waals surface area contributed by atoms with Gasteiger partial charge in [0.25, 0.3) is 0 Å². The van der Waals surface area contributed by atoms with Crippen molar-refractivity contribution in [1.82, 2.24) is 9.78 Å². The van der Waals surface area contributed by atoms with Gasteiger partial charge in [0.2, 0.25) is 0 Å². The Bertz CT molecular complexity index is 425. The van der Waals surface area contributed by atoms with Crippen LogP contribution >= 0.6 is 11.6 Å². The van der Waals surface area contributed by atoms with Gasteiger partial charge in [-0.05, 0) is 26.2 Å². The van der Waals surface area contributed by atoms with Gasteiger partial charge in [-0.3, -0.25) is 4.68 Å². The number of ether oxygens (including phenoxy) is 1. The van der Waals surface area contributed by atoms with E-state index in [1.165, 1.54) is 0 Å². The van der Waals surface area contributed by atoms with E-state index in [9.17, 15) is 5.11 Å². The average molecular weight is 273 g/mol. The summed E-state index contributed by atoms with van der Waals surface area (Å²) in [5.41, 5.74) is 1.33. The van der Waals surface area contributed by atoms with Gasteiger partial charge >= 0.3 is 0 Å². The summed E-state index contributed by atoms with van der Waals surface area (Å²) in [7, 11) is 1.87. The summed E-state index contributed by atoms with van der Waals surface area (Å²) >= 11 is 6.29. The summed E-state index contributed by atoms with van der Waals surface area (Å²) < 4.78 is 7.43.